The van der Waals surface area contributed by atoms with E-state index < -0.39 is 0 Å². The first-order valence-electron chi connectivity index (χ1n) is 6.30. The predicted molar refractivity (Wildman–Crippen MR) is 79.4 cm³/mol. The van der Waals surface area contributed by atoms with E-state index in [1.54, 1.807) is 18.9 Å². The van der Waals surface area contributed by atoms with E-state index in [1.807, 2.05) is 25.1 Å². The standard InChI is InChI=1S/C13H18N4O2S/c1-4-12-15-16-13(20)17(12)14-8-9-5-6-10(18-2)7-11(9)19-3/h5-7,14H,4,8H2,1-3H3,(H,16,20). The van der Waals surface area contributed by atoms with Crippen LogP contribution in [-0.4, -0.2) is 29.1 Å². The fourth-order valence-corrected chi connectivity index (χ4v) is 2.11. The third-order valence-electron chi connectivity index (χ3n) is 2.98. The summed E-state index contributed by atoms with van der Waals surface area (Å²) in [5.74, 6) is 2.40. The van der Waals surface area contributed by atoms with Crippen molar-refractivity contribution in [3.05, 3.63) is 34.4 Å². The van der Waals surface area contributed by atoms with Crippen molar-refractivity contribution in [3.8, 4) is 11.5 Å². The molecule has 0 radical (unpaired) electrons. The highest BCUT2D eigenvalue weighted by molar-refractivity contribution is 7.71. The van der Waals surface area contributed by atoms with E-state index in [1.165, 1.54) is 0 Å². The zero-order valence-corrected chi connectivity index (χ0v) is 12.6. The molecule has 2 N–H and O–H groups in total. The minimum absolute atomic E-state index is 0.550. The highest BCUT2D eigenvalue weighted by atomic mass is 32.1. The molecule has 1 heterocycles. The number of hydrogen-bond acceptors (Lipinski definition) is 5. The second-order valence-electron chi connectivity index (χ2n) is 4.15. The zero-order valence-electron chi connectivity index (χ0n) is 11.8. The molecule has 0 aliphatic heterocycles. The third-order valence-corrected chi connectivity index (χ3v) is 3.25. The lowest BCUT2D eigenvalue weighted by Crippen LogP contribution is -2.17. The lowest BCUT2D eigenvalue weighted by molar-refractivity contribution is 0.391. The van der Waals surface area contributed by atoms with Crippen LogP contribution in [0.3, 0.4) is 0 Å². The van der Waals surface area contributed by atoms with Gasteiger partial charge in [-0.05, 0) is 24.4 Å². The van der Waals surface area contributed by atoms with Crippen LogP contribution in [-0.2, 0) is 13.0 Å². The van der Waals surface area contributed by atoms with Gasteiger partial charge in [-0.15, -0.1) is 0 Å². The number of aromatic amines is 1. The predicted octanol–water partition coefficient (Wildman–Crippen LogP) is 2.26. The molecule has 0 bridgehead atoms. The number of rotatable bonds is 6. The maximum Gasteiger partial charge on any atom is 0.214 e. The van der Waals surface area contributed by atoms with Crippen molar-refractivity contribution in [3.63, 3.8) is 0 Å². The quantitative estimate of drug-likeness (QED) is 0.800. The van der Waals surface area contributed by atoms with E-state index in [4.69, 9.17) is 21.7 Å². The maximum atomic E-state index is 5.37. The van der Waals surface area contributed by atoms with Crippen molar-refractivity contribution in [2.45, 2.75) is 19.9 Å². The number of aromatic nitrogens is 3. The summed E-state index contributed by atoms with van der Waals surface area (Å²) in [7, 11) is 3.27. The minimum atomic E-state index is 0.550. The molecule has 0 saturated carbocycles. The van der Waals surface area contributed by atoms with Crippen LogP contribution in [0.25, 0.3) is 0 Å². The topological polar surface area (TPSA) is 64.1 Å². The molecule has 6 nitrogen and oxygen atoms in total. The molecule has 1 aromatic carbocycles. The number of H-pyrrole nitrogens is 1. The Hall–Kier alpha value is -2.02. The van der Waals surface area contributed by atoms with E-state index in [2.05, 4.69) is 15.6 Å². The highest BCUT2D eigenvalue weighted by Crippen LogP contribution is 2.24. The fourth-order valence-electron chi connectivity index (χ4n) is 1.89. The molecule has 108 valence electrons. The van der Waals surface area contributed by atoms with Crippen molar-refractivity contribution in [1.82, 2.24) is 14.9 Å². The first kappa shape index (κ1) is 14.4. The summed E-state index contributed by atoms with van der Waals surface area (Å²) in [6.45, 7) is 2.60. The molecule has 0 aliphatic carbocycles. The number of methoxy groups -OCH3 is 2. The maximum absolute atomic E-state index is 5.37. The van der Waals surface area contributed by atoms with Crippen LogP contribution in [0.1, 0.15) is 18.3 Å². The monoisotopic (exact) mass is 294 g/mol. The Morgan fingerprint density at radius 3 is 2.80 bits per heavy atom. The lowest BCUT2D eigenvalue weighted by atomic mass is 10.2. The van der Waals surface area contributed by atoms with E-state index >= 15 is 0 Å². The minimum Gasteiger partial charge on any atom is -0.497 e. The lowest BCUT2D eigenvalue weighted by Gasteiger charge is -2.13. The summed E-state index contributed by atoms with van der Waals surface area (Å²) in [5, 5.41) is 6.92. The van der Waals surface area contributed by atoms with Crippen molar-refractivity contribution in [1.29, 1.82) is 0 Å². The molecule has 20 heavy (non-hydrogen) atoms. The first-order chi connectivity index (χ1) is 9.69. The molecule has 1 aromatic heterocycles. The van der Waals surface area contributed by atoms with Crippen molar-refractivity contribution in [2.24, 2.45) is 0 Å². The van der Waals surface area contributed by atoms with Crippen molar-refractivity contribution < 1.29 is 9.47 Å². The number of nitrogens with one attached hydrogen (secondary N) is 2. The first-order valence-corrected chi connectivity index (χ1v) is 6.71. The summed E-state index contributed by atoms with van der Waals surface area (Å²) in [6.07, 6.45) is 0.792. The Kier molecular flexibility index (Phi) is 4.62. The van der Waals surface area contributed by atoms with Gasteiger partial charge in [-0.25, -0.2) is 4.68 Å². The van der Waals surface area contributed by atoms with Crippen molar-refractivity contribution >= 4 is 12.2 Å². The van der Waals surface area contributed by atoms with E-state index in [0.717, 1.165) is 29.3 Å². The fraction of sp³-hybridized carbons (Fsp3) is 0.385. The molecule has 0 spiro atoms. The normalized spacial score (nSPS) is 10.3. The van der Waals surface area contributed by atoms with Crippen LogP contribution < -0.4 is 14.9 Å². The Morgan fingerprint density at radius 2 is 2.15 bits per heavy atom. The van der Waals surface area contributed by atoms with Gasteiger partial charge in [-0.2, -0.15) is 5.10 Å². The summed E-state index contributed by atoms with van der Waals surface area (Å²) >= 11 is 5.19. The van der Waals surface area contributed by atoms with Gasteiger partial charge in [-0.1, -0.05) is 6.92 Å². The van der Waals surface area contributed by atoms with Crippen LogP contribution in [0.5, 0.6) is 11.5 Å². The average Bonchev–Trinajstić information content (AvgIpc) is 2.85. The number of hydrogen-bond donors (Lipinski definition) is 2. The van der Waals surface area contributed by atoms with Gasteiger partial charge in [0, 0.05) is 18.1 Å². The molecule has 2 aromatic rings. The smallest absolute Gasteiger partial charge is 0.214 e. The van der Waals surface area contributed by atoms with E-state index in [-0.39, 0.29) is 0 Å². The average molecular weight is 294 g/mol. The Labute approximate surface area is 122 Å². The molecule has 0 atom stereocenters. The molecule has 0 unspecified atom stereocenters. The molecule has 0 amide bonds. The Balaban J connectivity index is 2.18. The summed E-state index contributed by atoms with van der Waals surface area (Å²) < 4.78 is 12.9. The van der Waals surface area contributed by atoms with Crippen LogP contribution in [0, 0.1) is 4.77 Å². The third kappa shape index (κ3) is 2.93. The van der Waals surface area contributed by atoms with E-state index in [9.17, 15) is 0 Å². The number of benzene rings is 1. The molecular weight excluding hydrogens is 276 g/mol. The molecule has 7 heteroatoms. The molecule has 2 rings (SSSR count). The molecule has 0 aliphatic rings. The molecular formula is C13H18N4O2S. The summed E-state index contributed by atoms with van der Waals surface area (Å²) in [5.41, 5.74) is 4.25. The Morgan fingerprint density at radius 1 is 1.35 bits per heavy atom. The highest BCUT2D eigenvalue weighted by Gasteiger charge is 2.07. The second kappa shape index (κ2) is 6.42. The van der Waals surface area contributed by atoms with E-state index in [0.29, 0.717) is 11.3 Å². The van der Waals surface area contributed by atoms with Gasteiger partial charge in [0.25, 0.3) is 0 Å². The molecule has 0 fully saturated rings. The van der Waals surface area contributed by atoms with Gasteiger partial charge in [0.1, 0.15) is 11.5 Å². The van der Waals surface area contributed by atoms with Gasteiger partial charge >= 0.3 is 0 Å². The number of ether oxygens (including phenoxy) is 2. The Bertz CT molecular complexity index is 636. The summed E-state index contributed by atoms with van der Waals surface area (Å²) in [4.78, 5) is 0. The van der Waals surface area contributed by atoms with Gasteiger partial charge in [-0.3, -0.25) is 5.10 Å². The SMILES string of the molecule is CCc1n[nH]c(=S)n1NCc1ccc(OC)cc1OC. The number of nitrogens with zero attached hydrogens (tertiary/aromatic N) is 2. The summed E-state index contributed by atoms with van der Waals surface area (Å²) in [6, 6.07) is 5.71. The van der Waals surface area contributed by atoms with Crippen LogP contribution >= 0.6 is 12.2 Å². The van der Waals surface area contributed by atoms with Gasteiger partial charge in [0.15, 0.2) is 5.82 Å². The van der Waals surface area contributed by atoms with Gasteiger partial charge < -0.3 is 14.9 Å². The van der Waals surface area contributed by atoms with Crippen LogP contribution in [0.4, 0.5) is 0 Å². The molecule has 0 saturated heterocycles. The number of aryl methyl sites for hydroxylation is 1. The second-order valence-corrected chi connectivity index (χ2v) is 4.53. The largest absolute Gasteiger partial charge is 0.497 e. The van der Waals surface area contributed by atoms with Crippen LogP contribution in [0.2, 0.25) is 0 Å². The van der Waals surface area contributed by atoms with Crippen molar-refractivity contribution in [2.75, 3.05) is 19.6 Å². The van der Waals surface area contributed by atoms with Crippen LogP contribution in [0.15, 0.2) is 18.2 Å². The van der Waals surface area contributed by atoms with Gasteiger partial charge in [0.05, 0.1) is 20.8 Å². The van der Waals surface area contributed by atoms with Gasteiger partial charge in [0.2, 0.25) is 4.77 Å². The zero-order chi connectivity index (χ0) is 14.5.